The Labute approximate surface area is 111 Å². The fourth-order valence-corrected chi connectivity index (χ4v) is 1.74. The van der Waals surface area contributed by atoms with E-state index in [1.165, 1.54) is 6.33 Å². The highest BCUT2D eigenvalue weighted by Crippen LogP contribution is 2.24. The Kier molecular flexibility index (Phi) is 4.41. The van der Waals surface area contributed by atoms with Crippen LogP contribution in [0.4, 0.5) is 4.39 Å². The molecular formula is C14H16FN3O. The van der Waals surface area contributed by atoms with E-state index in [0.29, 0.717) is 17.9 Å². The predicted molar refractivity (Wildman–Crippen MR) is 70.6 cm³/mol. The Hall–Kier alpha value is -2.01. The van der Waals surface area contributed by atoms with E-state index >= 15 is 0 Å². The maximum absolute atomic E-state index is 13.9. The Bertz CT molecular complexity index is 560. The minimum absolute atomic E-state index is 0.0338. The summed E-state index contributed by atoms with van der Waals surface area (Å²) in [4.78, 5) is 7.70. The van der Waals surface area contributed by atoms with Gasteiger partial charge in [0, 0.05) is 6.54 Å². The second-order valence-corrected chi connectivity index (χ2v) is 4.07. The van der Waals surface area contributed by atoms with Crippen LogP contribution in [0.3, 0.4) is 0 Å². The highest BCUT2D eigenvalue weighted by Gasteiger charge is 2.11. The number of rotatable bonds is 5. The molecule has 1 N–H and O–H groups in total. The molecule has 0 saturated heterocycles. The Morgan fingerprint density at radius 3 is 2.89 bits per heavy atom. The maximum atomic E-state index is 13.9. The van der Waals surface area contributed by atoms with Crippen molar-refractivity contribution in [3.8, 4) is 11.6 Å². The summed E-state index contributed by atoms with van der Waals surface area (Å²) >= 11 is 0. The first-order chi connectivity index (χ1) is 9.24. The largest absolute Gasteiger partial charge is 0.436 e. The van der Waals surface area contributed by atoms with Gasteiger partial charge < -0.3 is 10.1 Å². The summed E-state index contributed by atoms with van der Waals surface area (Å²) in [6.07, 6.45) is 1.82. The summed E-state index contributed by atoms with van der Waals surface area (Å²) in [7, 11) is 1.87. The van der Waals surface area contributed by atoms with Crippen molar-refractivity contribution in [2.75, 3.05) is 7.05 Å². The quantitative estimate of drug-likeness (QED) is 0.899. The summed E-state index contributed by atoms with van der Waals surface area (Å²) in [5.41, 5.74) is 1.42. The number of hydrogen-bond donors (Lipinski definition) is 1. The van der Waals surface area contributed by atoms with E-state index in [1.807, 2.05) is 32.2 Å². The zero-order valence-corrected chi connectivity index (χ0v) is 11.0. The van der Waals surface area contributed by atoms with Crippen LogP contribution in [0, 0.1) is 5.82 Å². The van der Waals surface area contributed by atoms with Crippen LogP contribution < -0.4 is 10.1 Å². The van der Waals surface area contributed by atoms with Crippen molar-refractivity contribution in [3.05, 3.63) is 47.7 Å². The number of ether oxygens (including phenoxy) is 1. The molecule has 1 aromatic heterocycles. The fraction of sp³-hybridized carbons (Fsp3) is 0.286. The SMILES string of the molecule is CCc1ncnc(Oc2cccc(CNC)c2)c1F. The molecule has 0 amide bonds. The molecule has 0 fully saturated rings. The molecule has 0 unspecified atom stereocenters. The molecule has 0 bridgehead atoms. The van der Waals surface area contributed by atoms with Gasteiger partial charge in [-0.1, -0.05) is 19.1 Å². The van der Waals surface area contributed by atoms with Crippen molar-refractivity contribution >= 4 is 0 Å². The van der Waals surface area contributed by atoms with Gasteiger partial charge in [-0.25, -0.2) is 4.98 Å². The van der Waals surface area contributed by atoms with Gasteiger partial charge in [-0.3, -0.25) is 0 Å². The zero-order chi connectivity index (χ0) is 13.7. The molecule has 5 heteroatoms. The van der Waals surface area contributed by atoms with Gasteiger partial charge >= 0.3 is 0 Å². The second-order valence-electron chi connectivity index (χ2n) is 4.07. The van der Waals surface area contributed by atoms with Crippen molar-refractivity contribution in [2.24, 2.45) is 0 Å². The van der Waals surface area contributed by atoms with Crippen molar-refractivity contribution < 1.29 is 9.13 Å². The number of halogens is 1. The normalized spacial score (nSPS) is 10.5. The summed E-state index contributed by atoms with van der Waals surface area (Å²) in [6.45, 7) is 2.56. The van der Waals surface area contributed by atoms with Crippen LogP contribution in [-0.4, -0.2) is 17.0 Å². The topological polar surface area (TPSA) is 47.0 Å². The van der Waals surface area contributed by atoms with Crippen molar-refractivity contribution in [3.63, 3.8) is 0 Å². The highest BCUT2D eigenvalue weighted by molar-refractivity contribution is 5.32. The average molecular weight is 261 g/mol. The molecule has 0 aliphatic rings. The van der Waals surface area contributed by atoms with Gasteiger partial charge in [0.05, 0.1) is 5.69 Å². The van der Waals surface area contributed by atoms with Crippen LogP contribution in [-0.2, 0) is 13.0 Å². The lowest BCUT2D eigenvalue weighted by Gasteiger charge is -2.08. The standard InChI is InChI=1S/C14H16FN3O/c1-3-12-13(15)14(18-9-17-12)19-11-6-4-5-10(7-11)8-16-2/h4-7,9,16H,3,8H2,1-2H3. The Balaban J connectivity index is 2.23. The molecule has 0 atom stereocenters. The summed E-state index contributed by atoms with van der Waals surface area (Å²) < 4.78 is 19.4. The number of nitrogens with zero attached hydrogens (tertiary/aromatic N) is 2. The molecule has 0 saturated carbocycles. The Morgan fingerprint density at radius 1 is 1.32 bits per heavy atom. The third-order valence-corrected chi connectivity index (χ3v) is 2.66. The number of aromatic nitrogens is 2. The van der Waals surface area contributed by atoms with E-state index < -0.39 is 5.82 Å². The van der Waals surface area contributed by atoms with Crippen LogP contribution in [0.15, 0.2) is 30.6 Å². The van der Waals surface area contributed by atoms with E-state index in [1.54, 1.807) is 6.07 Å². The third-order valence-electron chi connectivity index (χ3n) is 2.66. The third kappa shape index (κ3) is 3.26. The molecule has 100 valence electrons. The first-order valence-electron chi connectivity index (χ1n) is 6.15. The number of benzene rings is 1. The molecule has 2 aromatic rings. The van der Waals surface area contributed by atoms with E-state index in [2.05, 4.69) is 15.3 Å². The predicted octanol–water partition coefficient (Wildman–Crippen LogP) is 2.69. The van der Waals surface area contributed by atoms with Gasteiger partial charge in [0.1, 0.15) is 12.1 Å². The first-order valence-corrected chi connectivity index (χ1v) is 6.15. The van der Waals surface area contributed by atoms with Crippen molar-refractivity contribution in [1.82, 2.24) is 15.3 Å². The van der Waals surface area contributed by atoms with Crippen LogP contribution in [0.25, 0.3) is 0 Å². The summed E-state index contributed by atoms with van der Waals surface area (Å²) in [5.74, 6) is 0.0323. The summed E-state index contributed by atoms with van der Waals surface area (Å²) in [5, 5.41) is 3.05. The maximum Gasteiger partial charge on any atom is 0.259 e. The van der Waals surface area contributed by atoms with Gasteiger partial charge in [0.25, 0.3) is 5.88 Å². The van der Waals surface area contributed by atoms with Gasteiger partial charge in [-0.15, -0.1) is 0 Å². The molecule has 0 aliphatic carbocycles. The Morgan fingerprint density at radius 2 is 2.16 bits per heavy atom. The van der Waals surface area contributed by atoms with Crippen LogP contribution in [0.2, 0.25) is 0 Å². The lowest BCUT2D eigenvalue weighted by atomic mass is 10.2. The van der Waals surface area contributed by atoms with Crippen molar-refractivity contribution in [2.45, 2.75) is 19.9 Å². The molecule has 2 rings (SSSR count). The minimum Gasteiger partial charge on any atom is -0.436 e. The second kappa shape index (κ2) is 6.24. The minimum atomic E-state index is -0.496. The molecule has 19 heavy (non-hydrogen) atoms. The fourth-order valence-electron chi connectivity index (χ4n) is 1.74. The number of hydrogen-bond acceptors (Lipinski definition) is 4. The lowest BCUT2D eigenvalue weighted by Crippen LogP contribution is -2.05. The molecular weight excluding hydrogens is 245 g/mol. The molecule has 1 heterocycles. The van der Waals surface area contributed by atoms with Gasteiger partial charge in [-0.2, -0.15) is 9.37 Å². The van der Waals surface area contributed by atoms with Crippen LogP contribution >= 0.6 is 0 Å². The van der Waals surface area contributed by atoms with E-state index in [-0.39, 0.29) is 5.88 Å². The molecule has 0 radical (unpaired) electrons. The molecule has 0 aliphatic heterocycles. The zero-order valence-electron chi connectivity index (χ0n) is 11.0. The average Bonchev–Trinajstić information content (AvgIpc) is 2.42. The van der Waals surface area contributed by atoms with Gasteiger partial charge in [0.15, 0.2) is 0 Å². The van der Waals surface area contributed by atoms with Gasteiger partial charge in [-0.05, 0) is 31.2 Å². The number of nitrogens with one attached hydrogen (secondary N) is 1. The highest BCUT2D eigenvalue weighted by atomic mass is 19.1. The monoisotopic (exact) mass is 261 g/mol. The lowest BCUT2D eigenvalue weighted by molar-refractivity contribution is 0.414. The smallest absolute Gasteiger partial charge is 0.259 e. The van der Waals surface area contributed by atoms with Crippen LogP contribution in [0.1, 0.15) is 18.2 Å². The van der Waals surface area contributed by atoms with E-state index in [9.17, 15) is 4.39 Å². The number of aryl methyl sites for hydroxylation is 1. The van der Waals surface area contributed by atoms with E-state index in [0.717, 1.165) is 12.1 Å². The first kappa shape index (κ1) is 13.4. The molecule has 0 spiro atoms. The van der Waals surface area contributed by atoms with Crippen LogP contribution in [0.5, 0.6) is 11.6 Å². The van der Waals surface area contributed by atoms with Crippen molar-refractivity contribution in [1.29, 1.82) is 0 Å². The summed E-state index contributed by atoms with van der Waals surface area (Å²) in [6, 6.07) is 7.45. The van der Waals surface area contributed by atoms with Gasteiger partial charge in [0.2, 0.25) is 5.82 Å². The van der Waals surface area contributed by atoms with E-state index in [4.69, 9.17) is 4.74 Å². The molecule has 1 aromatic carbocycles. The molecule has 4 nitrogen and oxygen atoms in total.